The monoisotopic (exact) mass is 277 g/mol. The highest BCUT2D eigenvalue weighted by Crippen LogP contribution is 2.40. The number of nitrogens with one attached hydrogen (secondary N) is 1. The van der Waals surface area contributed by atoms with Crippen molar-refractivity contribution in [3.63, 3.8) is 0 Å². The average Bonchev–Trinajstić information content (AvgIpc) is 3.10. The molecule has 3 rings (SSSR count). The number of carbonyl (C=O) groups is 3. The first-order valence-corrected chi connectivity index (χ1v) is 6.66. The lowest BCUT2D eigenvalue weighted by Crippen LogP contribution is -2.47. The normalized spacial score (nSPS) is 26.9. The van der Waals surface area contributed by atoms with Gasteiger partial charge in [0, 0.05) is 18.3 Å². The van der Waals surface area contributed by atoms with Gasteiger partial charge < -0.3 is 10.1 Å². The SMILES string of the molecule is O=C(O)C(Cc1cnc[nH]1)N1C(=O)C2CCCC2C1=O. The molecule has 1 saturated heterocycles. The van der Waals surface area contributed by atoms with Crippen LogP contribution in [0, 0.1) is 11.8 Å². The Morgan fingerprint density at radius 1 is 1.40 bits per heavy atom. The number of imidazole rings is 1. The smallest absolute Gasteiger partial charge is 0.327 e. The molecule has 1 aliphatic heterocycles. The van der Waals surface area contributed by atoms with Crippen molar-refractivity contribution in [2.45, 2.75) is 31.7 Å². The number of fused-ring (bicyclic) bond motifs is 1. The van der Waals surface area contributed by atoms with Crippen LogP contribution in [0.5, 0.6) is 0 Å². The standard InChI is InChI=1S/C13H15N3O4/c17-11-8-2-1-3-9(8)12(18)16(11)10(13(19)20)4-7-5-14-6-15-7/h5-6,8-10H,1-4H2,(H,14,15)(H,19,20). The molecular formula is C13H15N3O4. The molecule has 7 heteroatoms. The first kappa shape index (κ1) is 12.8. The Bertz CT molecular complexity index is 532. The van der Waals surface area contributed by atoms with Crippen molar-refractivity contribution < 1.29 is 19.5 Å². The molecule has 106 valence electrons. The second-order valence-corrected chi connectivity index (χ2v) is 5.33. The molecule has 2 fully saturated rings. The topological polar surface area (TPSA) is 103 Å². The van der Waals surface area contributed by atoms with Crippen LogP contribution in [0.25, 0.3) is 0 Å². The molecule has 1 aromatic heterocycles. The number of rotatable bonds is 4. The molecule has 1 saturated carbocycles. The Morgan fingerprint density at radius 2 is 2.05 bits per heavy atom. The summed E-state index contributed by atoms with van der Waals surface area (Å²) in [7, 11) is 0. The highest BCUT2D eigenvalue weighted by molar-refractivity contribution is 6.08. The highest BCUT2D eigenvalue weighted by Gasteiger charge is 2.53. The maximum atomic E-state index is 12.3. The lowest BCUT2D eigenvalue weighted by Gasteiger charge is -2.23. The van der Waals surface area contributed by atoms with Gasteiger partial charge in [0.15, 0.2) is 0 Å². The van der Waals surface area contributed by atoms with E-state index in [-0.39, 0.29) is 30.1 Å². The van der Waals surface area contributed by atoms with E-state index in [9.17, 15) is 19.5 Å². The van der Waals surface area contributed by atoms with Gasteiger partial charge in [-0.3, -0.25) is 14.5 Å². The van der Waals surface area contributed by atoms with Gasteiger partial charge in [-0.2, -0.15) is 0 Å². The largest absolute Gasteiger partial charge is 0.480 e. The van der Waals surface area contributed by atoms with Gasteiger partial charge in [0.2, 0.25) is 11.8 Å². The number of hydrogen-bond acceptors (Lipinski definition) is 4. The summed E-state index contributed by atoms with van der Waals surface area (Å²) >= 11 is 0. The number of amides is 2. The molecule has 20 heavy (non-hydrogen) atoms. The summed E-state index contributed by atoms with van der Waals surface area (Å²) in [5.74, 6) is -2.45. The Labute approximate surface area is 115 Å². The van der Waals surface area contributed by atoms with E-state index in [0.29, 0.717) is 18.5 Å². The van der Waals surface area contributed by atoms with Crippen molar-refractivity contribution in [1.29, 1.82) is 0 Å². The van der Waals surface area contributed by atoms with Crippen molar-refractivity contribution >= 4 is 17.8 Å². The summed E-state index contributed by atoms with van der Waals surface area (Å²) in [6, 6.07) is -1.15. The molecule has 3 atom stereocenters. The quantitative estimate of drug-likeness (QED) is 0.765. The third-order valence-electron chi connectivity index (χ3n) is 4.19. The molecule has 2 N–H and O–H groups in total. The molecule has 0 radical (unpaired) electrons. The van der Waals surface area contributed by atoms with Crippen molar-refractivity contribution in [3.05, 3.63) is 18.2 Å². The van der Waals surface area contributed by atoms with E-state index >= 15 is 0 Å². The van der Waals surface area contributed by atoms with E-state index in [0.717, 1.165) is 11.3 Å². The van der Waals surface area contributed by atoms with Crippen LogP contribution in [0.3, 0.4) is 0 Å². The van der Waals surface area contributed by atoms with Gasteiger partial charge in [0.25, 0.3) is 0 Å². The van der Waals surface area contributed by atoms with Crippen LogP contribution in [-0.4, -0.2) is 43.8 Å². The van der Waals surface area contributed by atoms with E-state index in [1.807, 2.05) is 0 Å². The maximum Gasteiger partial charge on any atom is 0.327 e. The van der Waals surface area contributed by atoms with E-state index in [1.165, 1.54) is 12.5 Å². The number of carboxylic acid groups (broad SMARTS) is 1. The van der Waals surface area contributed by atoms with E-state index < -0.39 is 12.0 Å². The molecule has 7 nitrogen and oxygen atoms in total. The van der Waals surface area contributed by atoms with Gasteiger partial charge in [-0.1, -0.05) is 6.42 Å². The predicted octanol–water partition coefficient (Wildman–Crippen LogP) is 0.190. The molecule has 3 unspecified atom stereocenters. The van der Waals surface area contributed by atoms with Crippen LogP contribution in [-0.2, 0) is 20.8 Å². The number of likely N-dealkylation sites (tertiary alicyclic amines) is 1. The molecule has 0 aromatic carbocycles. The van der Waals surface area contributed by atoms with Gasteiger partial charge in [0.1, 0.15) is 6.04 Å². The van der Waals surface area contributed by atoms with Crippen LogP contribution in [0.1, 0.15) is 25.0 Å². The maximum absolute atomic E-state index is 12.3. The average molecular weight is 277 g/mol. The van der Waals surface area contributed by atoms with Crippen molar-refractivity contribution in [1.82, 2.24) is 14.9 Å². The predicted molar refractivity (Wildman–Crippen MR) is 66.4 cm³/mol. The number of carboxylic acids is 1. The first-order valence-electron chi connectivity index (χ1n) is 6.66. The fourth-order valence-corrected chi connectivity index (χ4v) is 3.22. The third-order valence-corrected chi connectivity index (χ3v) is 4.19. The van der Waals surface area contributed by atoms with Crippen molar-refractivity contribution in [2.75, 3.05) is 0 Å². The zero-order valence-corrected chi connectivity index (χ0v) is 10.8. The number of carbonyl (C=O) groups excluding carboxylic acids is 2. The van der Waals surface area contributed by atoms with Gasteiger partial charge >= 0.3 is 5.97 Å². The Balaban J connectivity index is 1.86. The lowest BCUT2D eigenvalue weighted by atomic mass is 10.00. The Kier molecular flexibility index (Phi) is 3.04. The summed E-state index contributed by atoms with van der Waals surface area (Å²) in [6.45, 7) is 0. The minimum absolute atomic E-state index is 0.0618. The lowest BCUT2D eigenvalue weighted by molar-refractivity contribution is -0.155. The van der Waals surface area contributed by atoms with Crippen LogP contribution < -0.4 is 0 Å². The highest BCUT2D eigenvalue weighted by atomic mass is 16.4. The van der Waals surface area contributed by atoms with Crippen LogP contribution in [0.4, 0.5) is 0 Å². The first-order chi connectivity index (χ1) is 9.59. The van der Waals surface area contributed by atoms with Crippen LogP contribution in [0.2, 0.25) is 0 Å². The fourth-order valence-electron chi connectivity index (χ4n) is 3.22. The number of nitrogens with zero attached hydrogens (tertiary/aromatic N) is 2. The molecule has 2 heterocycles. The minimum Gasteiger partial charge on any atom is -0.480 e. The summed E-state index contributed by atoms with van der Waals surface area (Å²) < 4.78 is 0. The van der Waals surface area contributed by atoms with Gasteiger partial charge in [-0.15, -0.1) is 0 Å². The summed E-state index contributed by atoms with van der Waals surface area (Å²) in [5.41, 5.74) is 0.593. The summed E-state index contributed by atoms with van der Waals surface area (Å²) in [5, 5.41) is 9.35. The van der Waals surface area contributed by atoms with E-state index in [4.69, 9.17) is 0 Å². The fraction of sp³-hybridized carbons (Fsp3) is 0.538. The second kappa shape index (κ2) is 4.73. The van der Waals surface area contributed by atoms with E-state index in [1.54, 1.807) is 0 Å². The number of aromatic amines is 1. The number of aliphatic carboxylic acids is 1. The zero-order chi connectivity index (χ0) is 14.3. The van der Waals surface area contributed by atoms with E-state index in [2.05, 4.69) is 9.97 Å². The van der Waals surface area contributed by atoms with Gasteiger partial charge in [-0.25, -0.2) is 9.78 Å². The molecular weight excluding hydrogens is 262 g/mol. The summed E-state index contributed by atoms with van der Waals surface area (Å²) in [4.78, 5) is 43.6. The van der Waals surface area contributed by atoms with Gasteiger partial charge in [0.05, 0.1) is 18.2 Å². The number of hydrogen-bond donors (Lipinski definition) is 2. The van der Waals surface area contributed by atoms with Gasteiger partial charge in [-0.05, 0) is 12.8 Å². The molecule has 2 amide bonds. The number of H-pyrrole nitrogens is 1. The molecule has 1 aromatic rings. The third kappa shape index (κ3) is 1.90. The molecule has 1 aliphatic carbocycles. The Morgan fingerprint density at radius 3 is 2.55 bits per heavy atom. The van der Waals surface area contributed by atoms with Crippen LogP contribution >= 0.6 is 0 Å². The van der Waals surface area contributed by atoms with Crippen LogP contribution in [0.15, 0.2) is 12.5 Å². The molecule has 0 bridgehead atoms. The second-order valence-electron chi connectivity index (χ2n) is 5.33. The Hall–Kier alpha value is -2.18. The number of aromatic nitrogens is 2. The molecule has 2 aliphatic rings. The van der Waals surface area contributed by atoms with Crippen molar-refractivity contribution in [3.8, 4) is 0 Å². The summed E-state index contributed by atoms with van der Waals surface area (Å²) in [6.07, 6.45) is 5.23. The zero-order valence-electron chi connectivity index (χ0n) is 10.8. The minimum atomic E-state index is -1.17. The number of imide groups is 1. The van der Waals surface area contributed by atoms with Crippen molar-refractivity contribution in [2.24, 2.45) is 11.8 Å². The molecule has 0 spiro atoms.